The van der Waals surface area contributed by atoms with Gasteiger partial charge in [-0.3, -0.25) is 4.90 Å². The fourth-order valence-electron chi connectivity index (χ4n) is 3.07. The molecule has 0 aromatic heterocycles. The van der Waals surface area contributed by atoms with E-state index in [1.165, 1.54) is 31.6 Å². The molecule has 1 aliphatic heterocycles. The zero-order chi connectivity index (χ0) is 11.7. The van der Waals surface area contributed by atoms with Crippen LogP contribution >= 0.6 is 0 Å². The first-order valence-corrected chi connectivity index (χ1v) is 6.84. The molecular weight excluding hydrogens is 208 g/mol. The molecule has 0 radical (unpaired) electrons. The van der Waals surface area contributed by atoms with Gasteiger partial charge >= 0.3 is 0 Å². The normalized spacial score (nSPS) is 34.3. The van der Waals surface area contributed by atoms with Crippen molar-refractivity contribution in [1.29, 1.82) is 0 Å². The van der Waals surface area contributed by atoms with Crippen LogP contribution in [-0.4, -0.2) is 37.1 Å². The fourth-order valence-corrected chi connectivity index (χ4v) is 3.07. The first kappa shape index (κ1) is 11.2. The lowest BCUT2D eigenvalue weighted by Gasteiger charge is -2.22. The third kappa shape index (κ3) is 2.53. The lowest BCUT2D eigenvalue weighted by atomic mass is 10.1. The minimum absolute atomic E-state index is 0.787. The highest BCUT2D eigenvalue weighted by atomic mass is 15.2. The van der Waals surface area contributed by atoms with Gasteiger partial charge in [0.05, 0.1) is 0 Å². The maximum atomic E-state index is 3.52. The molecule has 0 bridgehead atoms. The van der Waals surface area contributed by atoms with Crippen molar-refractivity contribution >= 4 is 0 Å². The number of hydrogen-bond donors (Lipinski definition) is 1. The van der Waals surface area contributed by atoms with E-state index >= 15 is 0 Å². The SMILES string of the molecule is CC1CNCCN(C2CC2c2ccccc2)C1. The maximum absolute atomic E-state index is 3.52. The van der Waals surface area contributed by atoms with Crippen LogP contribution in [0.3, 0.4) is 0 Å². The van der Waals surface area contributed by atoms with E-state index in [1.807, 2.05) is 0 Å². The summed E-state index contributed by atoms with van der Waals surface area (Å²) < 4.78 is 0. The number of rotatable bonds is 2. The van der Waals surface area contributed by atoms with Crippen LogP contribution < -0.4 is 5.32 Å². The molecule has 92 valence electrons. The lowest BCUT2D eigenvalue weighted by molar-refractivity contribution is 0.251. The summed E-state index contributed by atoms with van der Waals surface area (Å²) in [7, 11) is 0. The highest BCUT2D eigenvalue weighted by Crippen LogP contribution is 2.44. The van der Waals surface area contributed by atoms with E-state index in [1.54, 1.807) is 0 Å². The van der Waals surface area contributed by atoms with E-state index < -0.39 is 0 Å². The van der Waals surface area contributed by atoms with Gasteiger partial charge in [-0.15, -0.1) is 0 Å². The average molecular weight is 230 g/mol. The van der Waals surface area contributed by atoms with Crippen molar-refractivity contribution in [2.75, 3.05) is 26.2 Å². The third-order valence-electron chi connectivity index (χ3n) is 4.07. The summed E-state index contributed by atoms with van der Waals surface area (Å²) in [5.41, 5.74) is 1.53. The minimum atomic E-state index is 0.787. The largest absolute Gasteiger partial charge is 0.315 e. The summed E-state index contributed by atoms with van der Waals surface area (Å²) >= 11 is 0. The molecule has 1 heterocycles. The van der Waals surface area contributed by atoms with E-state index in [0.29, 0.717) is 0 Å². The van der Waals surface area contributed by atoms with Crippen molar-refractivity contribution in [3.63, 3.8) is 0 Å². The van der Waals surface area contributed by atoms with Crippen LogP contribution in [0.15, 0.2) is 30.3 Å². The zero-order valence-electron chi connectivity index (χ0n) is 10.6. The Hall–Kier alpha value is -0.860. The van der Waals surface area contributed by atoms with E-state index in [-0.39, 0.29) is 0 Å². The van der Waals surface area contributed by atoms with Crippen molar-refractivity contribution in [3.8, 4) is 0 Å². The van der Waals surface area contributed by atoms with Crippen molar-refractivity contribution in [2.24, 2.45) is 5.92 Å². The number of hydrogen-bond acceptors (Lipinski definition) is 2. The molecule has 2 aliphatic rings. The quantitative estimate of drug-likeness (QED) is 0.837. The average Bonchev–Trinajstić information content (AvgIpc) is 3.14. The molecule has 1 saturated heterocycles. The Labute approximate surface area is 104 Å². The Morgan fingerprint density at radius 2 is 2.06 bits per heavy atom. The molecule has 2 nitrogen and oxygen atoms in total. The molecule has 1 aromatic rings. The van der Waals surface area contributed by atoms with Gasteiger partial charge in [0.25, 0.3) is 0 Å². The molecule has 2 heteroatoms. The standard InChI is InChI=1S/C15H22N2/c1-12-10-16-7-8-17(11-12)15-9-14(15)13-5-3-2-4-6-13/h2-6,12,14-16H,7-11H2,1H3. The van der Waals surface area contributed by atoms with Crippen molar-refractivity contribution in [1.82, 2.24) is 10.2 Å². The van der Waals surface area contributed by atoms with E-state index in [4.69, 9.17) is 0 Å². The summed E-state index contributed by atoms with van der Waals surface area (Å²) in [6.07, 6.45) is 1.36. The first-order chi connectivity index (χ1) is 8.34. The maximum Gasteiger partial charge on any atom is 0.0172 e. The van der Waals surface area contributed by atoms with E-state index in [9.17, 15) is 0 Å². The summed E-state index contributed by atoms with van der Waals surface area (Å²) in [6, 6.07) is 11.8. The van der Waals surface area contributed by atoms with Crippen LogP contribution in [0.4, 0.5) is 0 Å². The van der Waals surface area contributed by atoms with Gasteiger partial charge in [-0.05, 0) is 24.4 Å². The lowest BCUT2D eigenvalue weighted by Crippen LogP contribution is -2.32. The van der Waals surface area contributed by atoms with Crippen molar-refractivity contribution in [2.45, 2.75) is 25.3 Å². The fraction of sp³-hybridized carbons (Fsp3) is 0.600. The summed E-state index contributed by atoms with van der Waals surface area (Å²) in [6.45, 7) is 7.17. The molecule has 3 unspecified atom stereocenters. The van der Waals surface area contributed by atoms with E-state index in [0.717, 1.165) is 24.4 Å². The Balaban J connectivity index is 1.64. The monoisotopic (exact) mass is 230 g/mol. The Morgan fingerprint density at radius 1 is 1.24 bits per heavy atom. The van der Waals surface area contributed by atoms with Crippen LogP contribution in [0, 0.1) is 5.92 Å². The Bertz CT molecular complexity index is 362. The number of nitrogens with one attached hydrogen (secondary N) is 1. The highest BCUT2D eigenvalue weighted by Gasteiger charge is 2.42. The highest BCUT2D eigenvalue weighted by molar-refractivity contribution is 5.27. The van der Waals surface area contributed by atoms with E-state index in [2.05, 4.69) is 47.5 Å². The smallest absolute Gasteiger partial charge is 0.0172 e. The van der Waals surface area contributed by atoms with Crippen LogP contribution in [-0.2, 0) is 0 Å². The predicted octanol–water partition coefficient (Wildman–Crippen LogP) is 2.08. The first-order valence-electron chi connectivity index (χ1n) is 6.84. The molecule has 1 N–H and O–H groups in total. The molecule has 3 rings (SSSR count). The summed E-state index contributed by atoms with van der Waals surface area (Å²) in [5.74, 6) is 1.58. The molecule has 17 heavy (non-hydrogen) atoms. The van der Waals surface area contributed by atoms with Gasteiger partial charge in [0.1, 0.15) is 0 Å². The molecular formula is C15H22N2. The van der Waals surface area contributed by atoms with Crippen LogP contribution in [0.2, 0.25) is 0 Å². The molecule has 0 amide bonds. The van der Waals surface area contributed by atoms with Crippen LogP contribution in [0.25, 0.3) is 0 Å². The minimum Gasteiger partial charge on any atom is -0.315 e. The van der Waals surface area contributed by atoms with Gasteiger partial charge < -0.3 is 5.32 Å². The molecule has 0 spiro atoms. The third-order valence-corrected chi connectivity index (χ3v) is 4.07. The molecule has 1 aromatic carbocycles. The zero-order valence-corrected chi connectivity index (χ0v) is 10.6. The van der Waals surface area contributed by atoms with Crippen LogP contribution in [0.1, 0.15) is 24.8 Å². The Kier molecular flexibility index (Phi) is 3.17. The van der Waals surface area contributed by atoms with Crippen molar-refractivity contribution < 1.29 is 0 Å². The van der Waals surface area contributed by atoms with Crippen LogP contribution in [0.5, 0.6) is 0 Å². The van der Waals surface area contributed by atoms with Gasteiger partial charge in [0.2, 0.25) is 0 Å². The van der Waals surface area contributed by atoms with Gasteiger partial charge in [-0.2, -0.15) is 0 Å². The van der Waals surface area contributed by atoms with Gasteiger partial charge in [-0.25, -0.2) is 0 Å². The number of nitrogens with zero attached hydrogens (tertiary/aromatic N) is 1. The molecule has 2 fully saturated rings. The molecule has 3 atom stereocenters. The second-order valence-electron chi connectivity index (χ2n) is 5.62. The van der Waals surface area contributed by atoms with Gasteiger partial charge in [0, 0.05) is 31.6 Å². The molecule has 1 aliphatic carbocycles. The molecule has 1 saturated carbocycles. The topological polar surface area (TPSA) is 15.3 Å². The second-order valence-corrected chi connectivity index (χ2v) is 5.62. The van der Waals surface area contributed by atoms with Gasteiger partial charge in [0.15, 0.2) is 0 Å². The second kappa shape index (κ2) is 4.79. The number of benzene rings is 1. The van der Waals surface area contributed by atoms with Gasteiger partial charge in [-0.1, -0.05) is 37.3 Å². The van der Waals surface area contributed by atoms with Crippen molar-refractivity contribution in [3.05, 3.63) is 35.9 Å². The summed E-state index contributed by atoms with van der Waals surface area (Å²) in [5, 5.41) is 3.52. The summed E-state index contributed by atoms with van der Waals surface area (Å²) in [4.78, 5) is 2.70. The Morgan fingerprint density at radius 3 is 2.88 bits per heavy atom. The predicted molar refractivity (Wildman–Crippen MR) is 71.2 cm³/mol.